The Hall–Kier alpha value is -1.06. The minimum atomic E-state index is -4.99. The molecule has 0 bridgehead atoms. The molecular weight excluding hydrogens is 273 g/mol. The molecule has 17 heavy (non-hydrogen) atoms. The summed E-state index contributed by atoms with van der Waals surface area (Å²) in [5.74, 6) is -0.00500. The Morgan fingerprint density at radius 3 is 2.29 bits per heavy atom. The van der Waals surface area contributed by atoms with Crippen molar-refractivity contribution in [2.45, 2.75) is 4.99 Å². The average Bonchev–Trinajstić information content (AvgIpc) is 2.15. The first-order chi connectivity index (χ1) is 7.71. The highest BCUT2D eigenvalue weighted by Crippen LogP contribution is 2.43. The molecule has 1 aromatic rings. The first-order valence-electron chi connectivity index (χ1n) is 4.23. The Morgan fingerprint density at radius 2 is 1.88 bits per heavy atom. The number of anilines is 1. The van der Waals surface area contributed by atoms with Crippen molar-refractivity contribution in [1.29, 1.82) is 0 Å². The summed E-state index contributed by atoms with van der Waals surface area (Å²) >= 11 is 0. The molecule has 0 fully saturated rings. The molecule has 0 aliphatic rings. The highest BCUT2D eigenvalue weighted by atomic mass is 32.2. The summed E-state index contributed by atoms with van der Waals surface area (Å²) in [6.45, 7) is -0.701. The molecule has 0 spiro atoms. The van der Waals surface area contributed by atoms with E-state index >= 15 is 0 Å². The quantitative estimate of drug-likeness (QED) is 0.405. The van der Waals surface area contributed by atoms with Crippen molar-refractivity contribution in [1.82, 2.24) is 9.97 Å². The lowest BCUT2D eigenvalue weighted by Crippen LogP contribution is -2.29. The van der Waals surface area contributed by atoms with Crippen LogP contribution in [0.15, 0.2) is 18.5 Å². The van der Waals surface area contributed by atoms with E-state index in [9.17, 15) is 13.0 Å². The summed E-state index contributed by atoms with van der Waals surface area (Å²) in [5, 5.41) is 2.30. The van der Waals surface area contributed by atoms with Crippen LogP contribution in [0.5, 0.6) is 0 Å². The summed E-state index contributed by atoms with van der Waals surface area (Å²) in [5.41, 5.74) is 0. The zero-order chi connectivity index (χ0) is 13.1. The third-order valence-corrected chi connectivity index (χ3v) is 5.13. The van der Waals surface area contributed by atoms with Crippen LogP contribution in [0.1, 0.15) is 0 Å². The van der Waals surface area contributed by atoms with Gasteiger partial charge in [0.1, 0.15) is 0 Å². The fourth-order valence-electron chi connectivity index (χ4n) is 0.967. The van der Waals surface area contributed by atoms with Crippen LogP contribution in [-0.2, 0) is 14.7 Å². The highest BCUT2D eigenvalue weighted by Gasteiger charge is 2.39. The topological polar surface area (TPSA) is 150 Å². The number of nitrogens with one attached hydrogen (secondary N) is 1. The summed E-state index contributed by atoms with van der Waals surface area (Å²) in [6, 6.07) is 1.51. The molecule has 0 saturated carbocycles. The molecule has 1 atom stereocenters. The zero-order valence-corrected chi connectivity index (χ0v) is 10.0. The van der Waals surface area contributed by atoms with Crippen LogP contribution in [-0.4, -0.2) is 44.3 Å². The van der Waals surface area contributed by atoms with Crippen molar-refractivity contribution in [3.63, 3.8) is 0 Å². The van der Waals surface area contributed by atoms with Gasteiger partial charge < -0.3 is 15.1 Å². The fraction of sp³-hybridized carbons (Fsp3) is 0.333. The Bertz CT molecular complexity index is 514. The average molecular weight is 283 g/mol. The standard InChI is InChI=1S/C6H10N3O6PS/c10-16(11,12)5(17(13,14)15)4-9-6-7-2-1-3-8-6/h1-3,5H,4H2,(H,7,8,9)(H2,10,11,12)(H,13,14,15). The van der Waals surface area contributed by atoms with Crippen LogP contribution in [0, 0.1) is 0 Å². The van der Waals surface area contributed by atoms with Gasteiger partial charge in [0.05, 0.1) is 0 Å². The molecule has 0 aliphatic heterocycles. The summed E-state index contributed by atoms with van der Waals surface area (Å²) in [7, 11) is -9.86. The van der Waals surface area contributed by atoms with E-state index in [1.54, 1.807) is 0 Å². The highest BCUT2D eigenvalue weighted by molar-refractivity contribution is 7.93. The van der Waals surface area contributed by atoms with Crippen molar-refractivity contribution in [3.8, 4) is 0 Å². The van der Waals surface area contributed by atoms with Gasteiger partial charge in [-0.05, 0) is 6.07 Å². The smallest absolute Gasteiger partial charge is 0.347 e. The Balaban J connectivity index is 2.80. The van der Waals surface area contributed by atoms with Gasteiger partial charge in [-0.3, -0.25) is 9.12 Å². The SMILES string of the molecule is O=P(O)(O)C(CNc1ncccn1)S(=O)(=O)O. The van der Waals surface area contributed by atoms with Crippen molar-refractivity contribution < 1.29 is 27.3 Å². The third kappa shape index (κ3) is 4.36. The van der Waals surface area contributed by atoms with Crippen LogP contribution in [0.25, 0.3) is 0 Å². The Labute approximate surface area is 96.8 Å². The third-order valence-electron chi connectivity index (χ3n) is 1.72. The molecule has 1 heterocycles. The van der Waals surface area contributed by atoms with Crippen LogP contribution in [0.3, 0.4) is 0 Å². The number of aromatic nitrogens is 2. The molecular formula is C6H10N3O6PS. The zero-order valence-electron chi connectivity index (χ0n) is 8.33. The molecule has 96 valence electrons. The number of nitrogens with zero attached hydrogens (tertiary/aromatic N) is 2. The summed E-state index contributed by atoms with van der Waals surface area (Å²) < 4.78 is 41.1. The van der Waals surface area contributed by atoms with E-state index in [-0.39, 0.29) is 5.95 Å². The fourth-order valence-corrected chi connectivity index (χ4v) is 2.98. The van der Waals surface area contributed by atoms with E-state index in [0.29, 0.717) is 0 Å². The van der Waals surface area contributed by atoms with E-state index in [4.69, 9.17) is 14.3 Å². The molecule has 9 nitrogen and oxygen atoms in total. The van der Waals surface area contributed by atoms with Crippen molar-refractivity contribution >= 4 is 23.7 Å². The molecule has 0 radical (unpaired) electrons. The molecule has 1 aromatic heterocycles. The number of hydrogen-bond donors (Lipinski definition) is 4. The molecule has 0 amide bonds. The Morgan fingerprint density at radius 1 is 1.35 bits per heavy atom. The monoisotopic (exact) mass is 283 g/mol. The van der Waals surface area contributed by atoms with Crippen molar-refractivity contribution in [2.24, 2.45) is 0 Å². The van der Waals surface area contributed by atoms with Crippen LogP contribution in [0.4, 0.5) is 5.95 Å². The van der Waals surface area contributed by atoms with Crippen molar-refractivity contribution in [3.05, 3.63) is 18.5 Å². The van der Waals surface area contributed by atoms with Crippen LogP contribution in [0.2, 0.25) is 0 Å². The first-order valence-corrected chi connectivity index (χ1v) is 7.42. The van der Waals surface area contributed by atoms with E-state index in [1.165, 1.54) is 18.5 Å². The second kappa shape index (κ2) is 5.07. The van der Waals surface area contributed by atoms with Gasteiger partial charge in [0, 0.05) is 18.9 Å². The lowest BCUT2D eigenvalue weighted by atomic mass is 10.6. The predicted octanol–water partition coefficient (Wildman–Crippen LogP) is -0.720. The molecule has 0 aliphatic carbocycles. The largest absolute Gasteiger partial charge is 0.352 e. The Kier molecular flexibility index (Phi) is 4.17. The number of hydrogen-bond acceptors (Lipinski definition) is 6. The maximum atomic E-state index is 10.9. The lowest BCUT2D eigenvalue weighted by molar-refractivity contribution is 0.365. The van der Waals surface area contributed by atoms with E-state index in [1.807, 2.05) is 0 Å². The molecule has 4 N–H and O–H groups in total. The van der Waals surface area contributed by atoms with Gasteiger partial charge in [-0.2, -0.15) is 8.42 Å². The molecule has 1 unspecified atom stereocenters. The molecule has 0 saturated heterocycles. The second-order valence-corrected chi connectivity index (χ2v) is 6.76. The van der Waals surface area contributed by atoms with Gasteiger partial charge in [0.15, 0.2) is 0 Å². The van der Waals surface area contributed by atoms with Gasteiger partial charge >= 0.3 is 7.60 Å². The predicted molar refractivity (Wildman–Crippen MR) is 57.9 cm³/mol. The van der Waals surface area contributed by atoms with Gasteiger partial charge in [0.2, 0.25) is 10.9 Å². The minimum Gasteiger partial charge on any atom is -0.352 e. The molecule has 1 rings (SSSR count). The van der Waals surface area contributed by atoms with Gasteiger partial charge in [-0.15, -0.1) is 0 Å². The number of rotatable bonds is 5. The van der Waals surface area contributed by atoms with Gasteiger partial charge in [0.25, 0.3) is 10.1 Å². The maximum absolute atomic E-state index is 10.9. The lowest BCUT2D eigenvalue weighted by Gasteiger charge is -2.15. The first kappa shape index (κ1) is 14.0. The van der Waals surface area contributed by atoms with E-state index in [0.717, 1.165) is 0 Å². The maximum Gasteiger partial charge on any atom is 0.347 e. The second-order valence-electron chi connectivity index (χ2n) is 3.01. The van der Waals surface area contributed by atoms with E-state index < -0.39 is 29.2 Å². The normalized spacial score (nSPS) is 14.3. The van der Waals surface area contributed by atoms with Gasteiger partial charge in [-0.1, -0.05) is 0 Å². The van der Waals surface area contributed by atoms with E-state index in [2.05, 4.69) is 15.3 Å². The van der Waals surface area contributed by atoms with Crippen LogP contribution < -0.4 is 5.32 Å². The summed E-state index contributed by atoms with van der Waals surface area (Å²) in [6.07, 6.45) is 2.71. The molecule has 11 heteroatoms. The van der Waals surface area contributed by atoms with Crippen molar-refractivity contribution in [2.75, 3.05) is 11.9 Å². The van der Waals surface area contributed by atoms with Gasteiger partial charge in [-0.25, -0.2) is 9.97 Å². The van der Waals surface area contributed by atoms with Crippen LogP contribution >= 0.6 is 7.60 Å². The molecule has 0 aromatic carbocycles. The minimum absolute atomic E-state index is 0.00500. The summed E-state index contributed by atoms with van der Waals surface area (Å²) in [4.78, 5) is 22.6.